The fourth-order valence-corrected chi connectivity index (χ4v) is 2.13. The fourth-order valence-electron chi connectivity index (χ4n) is 2.13. The molecule has 1 aliphatic rings. The average Bonchev–Trinajstić information content (AvgIpc) is 2.88. The van der Waals surface area contributed by atoms with Crippen LogP contribution in [0.3, 0.4) is 0 Å². The topological polar surface area (TPSA) is 59.5 Å². The summed E-state index contributed by atoms with van der Waals surface area (Å²) in [7, 11) is 1.38. The van der Waals surface area contributed by atoms with E-state index in [2.05, 4.69) is 4.98 Å². The Morgan fingerprint density at radius 3 is 3.06 bits per heavy atom. The normalized spacial score (nSPS) is 18.7. The van der Waals surface area contributed by atoms with Gasteiger partial charge in [0.2, 0.25) is 5.91 Å². The SMILES string of the molecule is COC(=O)C1CCN(C(=O)Cc2cccnc2)C1. The van der Waals surface area contributed by atoms with Crippen LogP contribution in [0.25, 0.3) is 0 Å². The maximum Gasteiger partial charge on any atom is 0.310 e. The van der Waals surface area contributed by atoms with E-state index in [9.17, 15) is 9.59 Å². The highest BCUT2D eigenvalue weighted by atomic mass is 16.5. The molecule has 1 unspecified atom stereocenters. The van der Waals surface area contributed by atoms with Gasteiger partial charge in [0.15, 0.2) is 0 Å². The molecule has 0 N–H and O–H groups in total. The number of likely N-dealkylation sites (tertiary alicyclic amines) is 1. The zero-order chi connectivity index (χ0) is 13.0. The number of amides is 1. The van der Waals surface area contributed by atoms with Crippen molar-refractivity contribution in [1.29, 1.82) is 0 Å². The number of methoxy groups -OCH3 is 1. The Kier molecular flexibility index (Phi) is 3.92. The molecule has 2 rings (SSSR count). The van der Waals surface area contributed by atoms with Crippen LogP contribution in [0.5, 0.6) is 0 Å². The lowest BCUT2D eigenvalue weighted by Gasteiger charge is -2.15. The number of rotatable bonds is 3. The van der Waals surface area contributed by atoms with Gasteiger partial charge in [0.05, 0.1) is 19.4 Å². The highest BCUT2D eigenvalue weighted by molar-refractivity contribution is 5.81. The van der Waals surface area contributed by atoms with Crippen LogP contribution < -0.4 is 0 Å². The lowest BCUT2D eigenvalue weighted by molar-refractivity contribution is -0.145. The van der Waals surface area contributed by atoms with Crippen molar-refractivity contribution < 1.29 is 14.3 Å². The number of pyridine rings is 1. The minimum Gasteiger partial charge on any atom is -0.469 e. The second kappa shape index (κ2) is 5.62. The van der Waals surface area contributed by atoms with Crippen LogP contribution in [0, 0.1) is 5.92 Å². The molecule has 0 saturated carbocycles. The highest BCUT2D eigenvalue weighted by Crippen LogP contribution is 2.18. The molecule has 1 saturated heterocycles. The first-order valence-electron chi connectivity index (χ1n) is 5.95. The van der Waals surface area contributed by atoms with Crippen LogP contribution in [-0.4, -0.2) is 42.0 Å². The summed E-state index contributed by atoms with van der Waals surface area (Å²) in [6.45, 7) is 1.09. The molecule has 5 nitrogen and oxygen atoms in total. The van der Waals surface area contributed by atoms with Crippen LogP contribution in [0.15, 0.2) is 24.5 Å². The Labute approximate surface area is 106 Å². The molecule has 0 aliphatic carbocycles. The van der Waals surface area contributed by atoms with Crippen molar-refractivity contribution in [3.63, 3.8) is 0 Å². The molecule has 96 valence electrons. The van der Waals surface area contributed by atoms with E-state index in [-0.39, 0.29) is 17.8 Å². The fraction of sp³-hybridized carbons (Fsp3) is 0.462. The number of esters is 1. The Bertz CT molecular complexity index is 433. The van der Waals surface area contributed by atoms with Crippen molar-refractivity contribution >= 4 is 11.9 Å². The number of carbonyl (C=O) groups is 2. The van der Waals surface area contributed by atoms with Crippen molar-refractivity contribution in [3.05, 3.63) is 30.1 Å². The molecular weight excluding hydrogens is 232 g/mol. The van der Waals surface area contributed by atoms with Crippen LogP contribution in [0.1, 0.15) is 12.0 Å². The third kappa shape index (κ3) is 2.85. The number of ether oxygens (including phenoxy) is 1. The molecule has 0 bridgehead atoms. The molecule has 0 aromatic carbocycles. The maximum atomic E-state index is 12.0. The molecule has 2 heterocycles. The Morgan fingerprint density at radius 2 is 2.39 bits per heavy atom. The summed E-state index contributed by atoms with van der Waals surface area (Å²) in [5, 5.41) is 0. The number of hydrogen-bond acceptors (Lipinski definition) is 4. The smallest absolute Gasteiger partial charge is 0.310 e. The molecule has 1 aromatic rings. The van der Waals surface area contributed by atoms with Gasteiger partial charge in [-0.05, 0) is 18.1 Å². The third-order valence-corrected chi connectivity index (χ3v) is 3.15. The summed E-state index contributed by atoms with van der Waals surface area (Å²) in [4.78, 5) is 29.1. The van der Waals surface area contributed by atoms with E-state index in [1.165, 1.54) is 7.11 Å². The lowest BCUT2D eigenvalue weighted by atomic mass is 10.1. The maximum absolute atomic E-state index is 12.0. The van der Waals surface area contributed by atoms with Gasteiger partial charge < -0.3 is 9.64 Å². The van der Waals surface area contributed by atoms with Crippen LogP contribution in [0.2, 0.25) is 0 Å². The Morgan fingerprint density at radius 1 is 1.56 bits per heavy atom. The summed E-state index contributed by atoms with van der Waals surface area (Å²) in [6.07, 6.45) is 4.38. The van der Waals surface area contributed by atoms with Crippen LogP contribution in [-0.2, 0) is 20.7 Å². The summed E-state index contributed by atoms with van der Waals surface area (Å²) in [6, 6.07) is 3.68. The van der Waals surface area contributed by atoms with E-state index in [0.29, 0.717) is 25.9 Å². The number of hydrogen-bond donors (Lipinski definition) is 0. The second-order valence-corrected chi connectivity index (χ2v) is 4.39. The molecule has 1 amide bonds. The summed E-state index contributed by atoms with van der Waals surface area (Å²) < 4.78 is 4.69. The Hall–Kier alpha value is -1.91. The summed E-state index contributed by atoms with van der Waals surface area (Å²) in [5.74, 6) is -0.367. The average molecular weight is 248 g/mol. The molecule has 1 atom stereocenters. The van der Waals surface area contributed by atoms with E-state index in [1.54, 1.807) is 17.3 Å². The van der Waals surface area contributed by atoms with Crippen molar-refractivity contribution in [1.82, 2.24) is 9.88 Å². The van der Waals surface area contributed by atoms with E-state index in [4.69, 9.17) is 4.74 Å². The highest BCUT2D eigenvalue weighted by Gasteiger charge is 2.31. The number of aromatic nitrogens is 1. The van der Waals surface area contributed by atoms with Crippen molar-refractivity contribution in [2.45, 2.75) is 12.8 Å². The van der Waals surface area contributed by atoms with E-state index >= 15 is 0 Å². The summed E-state index contributed by atoms with van der Waals surface area (Å²) >= 11 is 0. The van der Waals surface area contributed by atoms with Gasteiger partial charge in [0.25, 0.3) is 0 Å². The first-order chi connectivity index (χ1) is 8.70. The van der Waals surface area contributed by atoms with Gasteiger partial charge in [-0.2, -0.15) is 0 Å². The molecule has 0 radical (unpaired) electrons. The second-order valence-electron chi connectivity index (χ2n) is 4.39. The Balaban J connectivity index is 1.90. The van der Waals surface area contributed by atoms with Crippen molar-refractivity contribution in [2.75, 3.05) is 20.2 Å². The van der Waals surface area contributed by atoms with Gasteiger partial charge in [-0.15, -0.1) is 0 Å². The van der Waals surface area contributed by atoms with Crippen LogP contribution >= 0.6 is 0 Å². The minimum absolute atomic E-state index is 0.0365. The van der Waals surface area contributed by atoms with Crippen molar-refractivity contribution in [3.8, 4) is 0 Å². The molecule has 0 spiro atoms. The molecule has 1 aliphatic heterocycles. The van der Waals surface area contributed by atoms with Gasteiger partial charge in [-0.3, -0.25) is 14.6 Å². The standard InChI is InChI=1S/C13H16N2O3/c1-18-13(17)11-4-6-15(9-11)12(16)7-10-3-2-5-14-8-10/h2-3,5,8,11H,4,6-7,9H2,1H3. The van der Waals surface area contributed by atoms with E-state index in [0.717, 1.165) is 5.56 Å². The first-order valence-corrected chi connectivity index (χ1v) is 5.95. The third-order valence-electron chi connectivity index (χ3n) is 3.15. The predicted octanol–water partition coefficient (Wildman–Crippen LogP) is 0.646. The molecule has 1 aromatic heterocycles. The van der Waals surface area contributed by atoms with Gasteiger partial charge in [0, 0.05) is 25.5 Å². The molecule has 18 heavy (non-hydrogen) atoms. The quantitative estimate of drug-likeness (QED) is 0.737. The lowest BCUT2D eigenvalue weighted by Crippen LogP contribution is -2.31. The van der Waals surface area contributed by atoms with Gasteiger partial charge >= 0.3 is 5.97 Å². The van der Waals surface area contributed by atoms with E-state index in [1.807, 2.05) is 12.1 Å². The first kappa shape index (κ1) is 12.5. The zero-order valence-corrected chi connectivity index (χ0v) is 10.3. The monoisotopic (exact) mass is 248 g/mol. The molecule has 1 fully saturated rings. The molecule has 5 heteroatoms. The zero-order valence-electron chi connectivity index (χ0n) is 10.3. The van der Waals surface area contributed by atoms with Gasteiger partial charge in [-0.25, -0.2) is 0 Å². The molecular formula is C13H16N2O3. The summed E-state index contributed by atoms with van der Waals surface area (Å²) in [5.41, 5.74) is 0.893. The van der Waals surface area contributed by atoms with Gasteiger partial charge in [0.1, 0.15) is 0 Å². The number of carbonyl (C=O) groups excluding carboxylic acids is 2. The number of nitrogens with zero attached hydrogens (tertiary/aromatic N) is 2. The van der Waals surface area contributed by atoms with Gasteiger partial charge in [-0.1, -0.05) is 6.07 Å². The van der Waals surface area contributed by atoms with Crippen LogP contribution in [0.4, 0.5) is 0 Å². The predicted molar refractivity (Wildman–Crippen MR) is 64.6 cm³/mol. The van der Waals surface area contributed by atoms with Crippen molar-refractivity contribution in [2.24, 2.45) is 5.92 Å². The minimum atomic E-state index is -0.230. The van der Waals surface area contributed by atoms with E-state index < -0.39 is 0 Å². The largest absolute Gasteiger partial charge is 0.469 e.